The number of hydrogen-bond acceptors (Lipinski definition) is 4. The Labute approximate surface area is 135 Å². The number of nitrogens with zero attached hydrogens (tertiary/aromatic N) is 2. The zero-order chi connectivity index (χ0) is 15.4. The summed E-state index contributed by atoms with van der Waals surface area (Å²) in [6.45, 7) is 0.696. The van der Waals surface area contributed by atoms with Gasteiger partial charge in [-0.2, -0.15) is 11.8 Å². The van der Waals surface area contributed by atoms with Crippen molar-refractivity contribution in [1.29, 1.82) is 0 Å². The number of carbonyl (C=O) groups is 1. The summed E-state index contributed by atoms with van der Waals surface area (Å²) < 4.78 is 15.4. The van der Waals surface area contributed by atoms with Crippen LogP contribution in [0.1, 0.15) is 6.42 Å². The van der Waals surface area contributed by atoms with Gasteiger partial charge in [0.1, 0.15) is 5.82 Å². The van der Waals surface area contributed by atoms with Crippen molar-refractivity contribution in [2.75, 3.05) is 17.8 Å². The fourth-order valence-corrected chi connectivity index (χ4v) is 3.25. The lowest BCUT2D eigenvalue weighted by molar-refractivity contribution is -0.133. The number of halogens is 2. The van der Waals surface area contributed by atoms with Crippen LogP contribution in [0.3, 0.4) is 0 Å². The standard InChI is InChI=1S/C13H14ClFN2O2S2/c1-20-4-2-3-17-11-5-8(14)9(15)6-10(11)16-13(17)21-7-12(18)19/h5-6H,2-4,7H2,1H3,(H,18,19). The van der Waals surface area contributed by atoms with Gasteiger partial charge < -0.3 is 9.67 Å². The van der Waals surface area contributed by atoms with Gasteiger partial charge in [0.15, 0.2) is 5.16 Å². The van der Waals surface area contributed by atoms with Crippen LogP contribution in [0.2, 0.25) is 5.02 Å². The molecule has 0 saturated carbocycles. The van der Waals surface area contributed by atoms with Crippen molar-refractivity contribution in [2.24, 2.45) is 0 Å². The number of thioether (sulfide) groups is 2. The minimum atomic E-state index is -0.910. The highest BCUT2D eigenvalue weighted by Gasteiger charge is 2.15. The first-order chi connectivity index (χ1) is 10.0. The molecule has 0 saturated heterocycles. The predicted molar refractivity (Wildman–Crippen MR) is 86.1 cm³/mol. The summed E-state index contributed by atoms with van der Waals surface area (Å²) in [6.07, 6.45) is 2.95. The lowest BCUT2D eigenvalue weighted by Crippen LogP contribution is -2.04. The number of rotatable bonds is 7. The Morgan fingerprint density at radius 1 is 1.52 bits per heavy atom. The van der Waals surface area contributed by atoms with Crippen molar-refractivity contribution >= 4 is 52.1 Å². The van der Waals surface area contributed by atoms with Gasteiger partial charge in [0.2, 0.25) is 0 Å². The van der Waals surface area contributed by atoms with Crippen molar-refractivity contribution in [3.63, 3.8) is 0 Å². The van der Waals surface area contributed by atoms with Gasteiger partial charge in [0.25, 0.3) is 0 Å². The second-order valence-corrected chi connectivity index (χ2v) is 6.67. The molecule has 1 aromatic carbocycles. The average Bonchev–Trinajstić information content (AvgIpc) is 2.75. The van der Waals surface area contributed by atoms with Crippen LogP contribution < -0.4 is 0 Å². The van der Waals surface area contributed by atoms with E-state index in [0.29, 0.717) is 17.2 Å². The highest BCUT2D eigenvalue weighted by molar-refractivity contribution is 7.99. The number of imidazole rings is 1. The van der Waals surface area contributed by atoms with Gasteiger partial charge in [-0.1, -0.05) is 23.4 Å². The van der Waals surface area contributed by atoms with Crippen molar-refractivity contribution in [1.82, 2.24) is 9.55 Å². The maximum absolute atomic E-state index is 13.5. The number of benzene rings is 1. The van der Waals surface area contributed by atoms with E-state index in [4.69, 9.17) is 16.7 Å². The van der Waals surface area contributed by atoms with Crippen molar-refractivity contribution < 1.29 is 14.3 Å². The summed E-state index contributed by atoms with van der Waals surface area (Å²) >= 11 is 8.71. The minimum Gasteiger partial charge on any atom is -0.481 e. The molecule has 0 atom stereocenters. The van der Waals surface area contributed by atoms with Gasteiger partial charge in [-0.3, -0.25) is 4.79 Å². The molecular formula is C13H14ClFN2O2S2. The second-order valence-electron chi connectivity index (χ2n) is 4.33. The minimum absolute atomic E-state index is 0.0447. The summed E-state index contributed by atoms with van der Waals surface area (Å²) in [6, 6.07) is 2.83. The molecule has 1 heterocycles. The van der Waals surface area contributed by atoms with E-state index in [1.165, 1.54) is 6.07 Å². The van der Waals surface area contributed by atoms with Crippen LogP contribution in [-0.2, 0) is 11.3 Å². The molecule has 0 radical (unpaired) electrons. The third-order valence-corrected chi connectivity index (χ3v) is 4.76. The summed E-state index contributed by atoms with van der Waals surface area (Å²) in [5.74, 6) is -0.528. The number of aryl methyl sites for hydroxylation is 1. The zero-order valence-corrected chi connectivity index (χ0v) is 13.7. The molecule has 4 nitrogen and oxygen atoms in total. The number of aromatic nitrogens is 2. The van der Waals surface area contributed by atoms with E-state index in [1.807, 2.05) is 10.8 Å². The maximum atomic E-state index is 13.5. The Kier molecular flexibility index (Phi) is 5.78. The molecule has 0 aliphatic heterocycles. The van der Waals surface area contributed by atoms with Crippen molar-refractivity contribution in [3.8, 4) is 0 Å². The monoisotopic (exact) mass is 348 g/mol. The Morgan fingerprint density at radius 3 is 2.95 bits per heavy atom. The smallest absolute Gasteiger partial charge is 0.313 e. The summed E-state index contributed by atoms with van der Waals surface area (Å²) in [4.78, 5) is 15.0. The largest absolute Gasteiger partial charge is 0.481 e. The lowest BCUT2D eigenvalue weighted by Gasteiger charge is -2.08. The summed E-state index contributed by atoms with van der Waals surface area (Å²) in [5.41, 5.74) is 1.23. The van der Waals surface area contributed by atoms with Crippen LogP contribution in [-0.4, -0.2) is 38.4 Å². The molecule has 2 rings (SSSR count). The van der Waals surface area contributed by atoms with Crippen LogP contribution in [0, 0.1) is 5.82 Å². The SMILES string of the molecule is CSCCCn1c(SCC(=O)O)nc2cc(F)c(Cl)cc21. The number of aliphatic carboxylic acids is 1. The fourth-order valence-electron chi connectivity index (χ4n) is 1.92. The lowest BCUT2D eigenvalue weighted by atomic mass is 10.3. The summed E-state index contributed by atoms with van der Waals surface area (Å²) in [5, 5.41) is 9.42. The van der Waals surface area contributed by atoms with Gasteiger partial charge >= 0.3 is 5.97 Å². The molecule has 0 spiro atoms. The van der Waals surface area contributed by atoms with E-state index < -0.39 is 11.8 Å². The topological polar surface area (TPSA) is 55.1 Å². The number of carboxylic acid groups (broad SMARTS) is 1. The molecule has 0 aliphatic rings. The van der Waals surface area contributed by atoms with Crippen LogP contribution >= 0.6 is 35.1 Å². The van der Waals surface area contributed by atoms with Gasteiger partial charge in [-0.05, 0) is 24.5 Å². The van der Waals surface area contributed by atoms with E-state index in [-0.39, 0.29) is 10.8 Å². The average molecular weight is 349 g/mol. The molecule has 1 aromatic heterocycles. The first kappa shape index (κ1) is 16.5. The molecule has 21 heavy (non-hydrogen) atoms. The van der Waals surface area contributed by atoms with Gasteiger partial charge in [0, 0.05) is 12.6 Å². The van der Waals surface area contributed by atoms with Crippen molar-refractivity contribution in [2.45, 2.75) is 18.1 Å². The third-order valence-electron chi connectivity index (χ3n) is 2.81. The van der Waals surface area contributed by atoms with E-state index in [2.05, 4.69) is 4.98 Å². The molecule has 0 aliphatic carbocycles. The van der Waals surface area contributed by atoms with E-state index in [0.717, 1.165) is 29.5 Å². The van der Waals surface area contributed by atoms with Crippen molar-refractivity contribution in [3.05, 3.63) is 23.0 Å². The predicted octanol–water partition coefficient (Wildman–Crippen LogP) is 3.76. The Bertz CT molecular complexity index is 663. The molecule has 0 amide bonds. The molecule has 0 unspecified atom stereocenters. The molecule has 0 bridgehead atoms. The van der Waals surface area contributed by atoms with E-state index in [1.54, 1.807) is 17.8 Å². The number of carboxylic acids is 1. The second kappa shape index (κ2) is 7.38. The molecule has 0 fully saturated rings. The van der Waals surface area contributed by atoms with Gasteiger partial charge in [0.05, 0.1) is 21.8 Å². The quantitative estimate of drug-likeness (QED) is 0.610. The highest BCUT2D eigenvalue weighted by Crippen LogP contribution is 2.28. The maximum Gasteiger partial charge on any atom is 0.313 e. The zero-order valence-electron chi connectivity index (χ0n) is 11.3. The summed E-state index contributed by atoms with van der Waals surface area (Å²) in [7, 11) is 0. The number of hydrogen-bond donors (Lipinski definition) is 1. The highest BCUT2D eigenvalue weighted by atomic mass is 35.5. The third kappa shape index (κ3) is 4.05. The molecular weight excluding hydrogens is 335 g/mol. The normalized spacial score (nSPS) is 11.2. The molecule has 1 N–H and O–H groups in total. The Morgan fingerprint density at radius 2 is 2.29 bits per heavy atom. The first-order valence-corrected chi connectivity index (χ1v) is 8.97. The fraction of sp³-hybridized carbons (Fsp3) is 0.385. The van der Waals surface area contributed by atoms with E-state index >= 15 is 0 Å². The Hall–Kier alpha value is -0.920. The van der Waals surface area contributed by atoms with Crippen LogP contribution in [0.25, 0.3) is 11.0 Å². The van der Waals surface area contributed by atoms with Gasteiger partial charge in [-0.15, -0.1) is 0 Å². The number of fused-ring (bicyclic) bond motifs is 1. The molecule has 8 heteroatoms. The van der Waals surface area contributed by atoms with Crippen LogP contribution in [0.5, 0.6) is 0 Å². The van der Waals surface area contributed by atoms with Crippen LogP contribution in [0.15, 0.2) is 17.3 Å². The van der Waals surface area contributed by atoms with Crippen LogP contribution in [0.4, 0.5) is 4.39 Å². The van der Waals surface area contributed by atoms with E-state index in [9.17, 15) is 9.18 Å². The molecule has 114 valence electrons. The Balaban J connectivity index is 2.39. The molecule has 2 aromatic rings. The van der Waals surface area contributed by atoms with Gasteiger partial charge in [-0.25, -0.2) is 9.37 Å². The first-order valence-electron chi connectivity index (χ1n) is 6.21.